The molecule has 0 aliphatic rings. The molecule has 88 valence electrons. The van der Waals surface area contributed by atoms with Gasteiger partial charge in [0.25, 0.3) is 0 Å². The summed E-state index contributed by atoms with van der Waals surface area (Å²) in [7, 11) is 5.48. The predicted octanol–water partition coefficient (Wildman–Crippen LogP) is 0.991. The minimum atomic E-state index is 0.605. The summed E-state index contributed by atoms with van der Waals surface area (Å²) >= 11 is 0. The molecule has 0 spiro atoms. The van der Waals surface area contributed by atoms with Gasteiger partial charge in [-0.05, 0) is 17.7 Å². The maximum absolute atomic E-state index is 5.48. The second-order valence-corrected chi connectivity index (χ2v) is 3.59. The van der Waals surface area contributed by atoms with E-state index in [4.69, 9.17) is 14.2 Å². The molecule has 0 bridgehead atoms. The van der Waals surface area contributed by atoms with Gasteiger partial charge in [0.1, 0.15) is 13.6 Å². The van der Waals surface area contributed by atoms with E-state index in [-0.39, 0.29) is 0 Å². The van der Waals surface area contributed by atoms with Crippen LogP contribution >= 0.6 is 0 Å². The highest BCUT2D eigenvalue weighted by molar-refractivity contribution is 6.08. The number of benzene rings is 1. The molecule has 0 aliphatic heterocycles. The summed E-state index contributed by atoms with van der Waals surface area (Å²) in [5.74, 6) is 0.893. The molecule has 1 rings (SSSR count). The third-order valence-electron chi connectivity index (χ3n) is 2.37. The Bertz CT molecular complexity index is 293. The van der Waals surface area contributed by atoms with Crippen molar-refractivity contribution in [1.82, 2.24) is 0 Å². The first-order valence-corrected chi connectivity index (χ1v) is 5.53. The summed E-state index contributed by atoms with van der Waals surface area (Å²) in [6.07, 6.45) is 1.00. The van der Waals surface area contributed by atoms with Gasteiger partial charge in [-0.25, -0.2) is 0 Å². The number of hydrogen-bond donors (Lipinski definition) is 0. The molecule has 0 aliphatic carbocycles. The third kappa shape index (κ3) is 4.25. The molecule has 0 unspecified atom stereocenters. The number of methoxy groups -OCH3 is 2. The lowest BCUT2D eigenvalue weighted by molar-refractivity contribution is 0.0616. The minimum Gasteiger partial charge on any atom is -0.497 e. The predicted molar refractivity (Wildman–Crippen MR) is 66.8 cm³/mol. The molecule has 3 nitrogen and oxygen atoms in total. The Morgan fingerprint density at radius 1 is 1.06 bits per heavy atom. The van der Waals surface area contributed by atoms with Crippen molar-refractivity contribution in [2.75, 3.05) is 27.4 Å². The van der Waals surface area contributed by atoms with Gasteiger partial charge in [-0.15, -0.1) is 0 Å². The highest BCUT2D eigenvalue weighted by atomic mass is 16.5. The Balaban J connectivity index is 2.57. The van der Waals surface area contributed by atoms with Crippen LogP contribution in [0.15, 0.2) is 18.2 Å². The monoisotopic (exact) mass is 222 g/mol. The smallest absolute Gasteiger partial charge is 0.119 e. The molecule has 0 amide bonds. The van der Waals surface area contributed by atoms with Gasteiger partial charge < -0.3 is 14.2 Å². The molecular weight excluding hydrogens is 203 g/mol. The molecule has 0 fully saturated rings. The first-order valence-electron chi connectivity index (χ1n) is 5.53. The van der Waals surface area contributed by atoms with Crippen LogP contribution in [0.4, 0.5) is 0 Å². The fraction of sp³-hybridized carbons (Fsp3) is 0.500. The fourth-order valence-corrected chi connectivity index (χ4v) is 1.47. The molecule has 0 saturated carbocycles. The van der Waals surface area contributed by atoms with Crippen LogP contribution in [-0.2, 0) is 22.4 Å². The maximum atomic E-state index is 5.48. The zero-order chi connectivity index (χ0) is 11.8. The van der Waals surface area contributed by atoms with Gasteiger partial charge in [-0.3, -0.25) is 0 Å². The van der Waals surface area contributed by atoms with Gasteiger partial charge in [0.2, 0.25) is 0 Å². The first-order chi connectivity index (χ1) is 7.80. The van der Waals surface area contributed by atoms with Crippen LogP contribution in [0, 0.1) is 0 Å². The molecule has 1 aromatic rings. The van der Waals surface area contributed by atoms with E-state index in [1.165, 1.54) is 5.56 Å². The lowest BCUT2D eigenvalue weighted by atomic mass is 9.95. The number of ether oxygens (including phenoxy) is 3. The summed E-state index contributed by atoms with van der Waals surface area (Å²) < 4.78 is 15.6. The summed E-state index contributed by atoms with van der Waals surface area (Å²) in [6, 6.07) is 6.21. The molecule has 4 heteroatoms. The minimum absolute atomic E-state index is 0.605. The van der Waals surface area contributed by atoms with Gasteiger partial charge in [0.05, 0.1) is 26.9 Å². The van der Waals surface area contributed by atoms with E-state index in [1.807, 2.05) is 6.07 Å². The van der Waals surface area contributed by atoms with Gasteiger partial charge in [-0.1, -0.05) is 17.9 Å². The van der Waals surface area contributed by atoms with Crippen LogP contribution in [0.5, 0.6) is 5.75 Å². The first kappa shape index (κ1) is 13.1. The van der Waals surface area contributed by atoms with Crippen molar-refractivity contribution in [3.8, 4) is 5.75 Å². The van der Waals surface area contributed by atoms with Crippen LogP contribution in [0.25, 0.3) is 0 Å². The van der Waals surface area contributed by atoms with Crippen molar-refractivity contribution in [3.05, 3.63) is 29.3 Å². The van der Waals surface area contributed by atoms with E-state index in [9.17, 15) is 0 Å². The Kier molecular flexibility index (Phi) is 5.97. The third-order valence-corrected chi connectivity index (χ3v) is 2.37. The fourth-order valence-electron chi connectivity index (χ4n) is 1.47. The summed E-state index contributed by atoms with van der Waals surface area (Å²) in [5, 5.41) is 0. The summed E-state index contributed by atoms with van der Waals surface area (Å²) in [4.78, 5) is 0. The zero-order valence-corrected chi connectivity index (χ0v) is 10.3. The molecular formula is C12H19BO3. The number of rotatable bonds is 7. The highest BCUT2D eigenvalue weighted by Gasteiger charge is 2.00. The van der Waals surface area contributed by atoms with Crippen LogP contribution < -0.4 is 4.74 Å². The number of hydrogen-bond acceptors (Lipinski definition) is 3. The van der Waals surface area contributed by atoms with Crippen molar-refractivity contribution >= 4 is 7.85 Å². The topological polar surface area (TPSA) is 27.7 Å². The molecule has 0 heterocycles. The van der Waals surface area contributed by atoms with Crippen molar-refractivity contribution in [2.24, 2.45) is 0 Å². The molecule has 0 aromatic heterocycles. The maximum Gasteiger partial charge on any atom is 0.119 e. The average Bonchev–Trinajstić information content (AvgIpc) is 2.34. The standard InChI is InChI=1S/C12H19BO3/c1-14-3-4-16-9-11-5-10(8-13)6-12(7-11)15-2/h5-7H,3-4,8-9,13H2,1-2H3. The van der Waals surface area contributed by atoms with E-state index < -0.39 is 0 Å². The zero-order valence-electron chi connectivity index (χ0n) is 10.3. The Morgan fingerprint density at radius 3 is 2.44 bits per heavy atom. The van der Waals surface area contributed by atoms with E-state index in [2.05, 4.69) is 20.0 Å². The molecule has 0 atom stereocenters. The molecule has 0 saturated heterocycles. The molecule has 0 radical (unpaired) electrons. The van der Waals surface area contributed by atoms with Crippen LogP contribution in [0.3, 0.4) is 0 Å². The Hall–Kier alpha value is -0.995. The molecule has 0 N–H and O–H groups in total. The van der Waals surface area contributed by atoms with E-state index in [0.717, 1.165) is 17.6 Å². The second kappa shape index (κ2) is 7.31. The lowest BCUT2D eigenvalue weighted by Crippen LogP contribution is -2.02. The van der Waals surface area contributed by atoms with Crippen molar-refractivity contribution in [3.63, 3.8) is 0 Å². The SMILES string of the molecule is BCc1cc(COCCOC)cc(OC)c1. The summed E-state index contributed by atoms with van der Waals surface area (Å²) in [6.45, 7) is 1.85. The van der Waals surface area contributed by atoms with Crippen LogP contribution in [0.2, 0.25) is 0 Å². The van der Waals surface area contributed by atoms with Crippen LogP contribution in [0.1, 0.15) is 11.1 Å². The highest BCUT2D eigenvalue weighted by Crippen LogP contribution is 2.17. The average molecular weight is 222 g/mol. The van der Waals surface area contributed by atoms with Gasteiger partial charge in [0.15, 0.2) is 0 Å². The van der Waals surface area contributed by atoms with Gasteiger partial charge >= 0.3 is 0 Å². The normalized spacial score (nSPS) is 10.4. The lowest BCUT2D eigenvalue weighted by Gasteiger charge is -2.08. The van der Waals surface area contributed by atoms with Gasteiger partial charge in [-0.2, -0.15) is 0 Å². The Labute approximate surface area is 98.1 Å². The van der Waals surface area contributed by atoms with E-state index in [0.29, 0.717) is 19.8 Å². The van der Waals surface area contributed by atoms with Crippen molar-refractivity contribution in [1.29, 1.82) is 0 Å². The van der Waals surface area contributed by atoms with Crippen LogP contribution in [-0.4, -0.2) is 35.3 Å². The van der Waals surface area contributed by atoms with Crippen molar-refractivity contribution in [2.45, 2.75) is 12.9 Å². The summed E-state index contributed by atoms with van der Waals surface area (Å²) in [5.41, 5.74) is 2.41. The van der Waals surface area contributed by atoms with Crippen molar-refractivity contribution < 1.29 is 14.2 Å². The van der Waals surface area contributed by atoms with E-state index >= 15 is 0 Å². The second-order valence-electron chi connectivity index (χ2n) is 3.59. The van der Waals surface area contributed by atoms with Gasteiger partial charge in [0, 0.05) is 7.11 Å². The largest absolute Gasteiger partial charge is 0.497 e. The molecule has 1 aromatic carbocycles. The van der Waals surface area contributed by atoms with E-state index in [1.54, 1.807) is 14.2 Å². The Morgan fingerprint density at radius 2 is 1.81 bits per heavy atom. The quantitative estimate of drug-likeness (QED) is 0.508. The molecule has 16 heavy (non-hydrogen) atoms.